The Kier molecular flexibility index (Phi) is 4.07. The zero-order valence-corrected chi connectivity index (χ0v) is 12.5. The summed E-state index contributed by atoms with van der Waals surface area (Å²) in [6.45, 7) is 0.0441. The van der Waals surface area contributed by atoms with Crippen LogP contribution < -0.4 is 0 Å². The molecule has 0 saturated heterocycles. The molecule has 0 atom stereocenters. The number of benzene rings is 2. The number of esters is 1. The van der Waals surface area contributed by atoms with Crippen LogP contribution in [0.15, 0.2) is 48.5 Å². The van der Waals surface area contributed by atoms with E-state index in [4.69, 9.17) is 9.84 Å². The molecule has 0 radical (unpaired) electrons. The Morgan fingerprint density at radius 3 is 2.64 bits per heavy atom. The highest BCUT2D eigenvalue weighted by atomic mass is 16.5. The summed E-state index contributed by atoms with van der Waals surface area (Å²) < 4.78 is 4.81. The largest absolute Gasteiger partial charge is 0.465 e. The molecule has 0 heterocycles. The van der Waals surface area contributed by atoms with E-state index in [1.54, 1.807) is 0 Å². The lowest BCUT2D eigenvalue weighted by molar-refractivity contribution is 0.0600. The zero-order valence-electron chi connectivity index (χ0n) is 12.5. The first-order valence-corrected chi connectivity index (χ1v) is 7.35. The number of allylic oxidation sites excluding steroid dienone is 1. The summed E-state index contributed by atoms with van der Waals surface area (Å²) >= 11 is 0. The van der Waals surface area contributed by atoms with Crippen LogP contribution in [0.1, 0.15) is 39.0 Å². The standard InChI is InChI=1S/C19H18O3/c1-22-19(21)16-10-9-14-3-2-4-17(18(14)11-16)15-7-5-13(12-20)6-8-15/h4-11,20H,2-3,12H2,1H3. The molecule has 0 fully saturated rings. The molecular weight excluding hydrogens is 276 g/mol. The summed E-state index contributed by atoms with van der Waals surface area (Å²) in [5.74, 6) is -0.316. The maximum Gasteiger partial charge on any atom is 0.337 e. The van der Waals surface area contributed by atoms with Crippen molar-refractivity contribution in [1.82, 2.24) is 0 Å². The van der Waals surface area contributed by atoms with Crippen molar-refractivity contribution in [3.63, 3.8) is 0 Å². The Bertz CT molecular complexity index is 727. The molecule has 0 unspecified atom stereocenters. The Hall–Kier alpha value is -2.39. The lowest BCUT2D eigenvalue weighted by Gasteiger charge is -2.19. The van der Waals surface area contributed by atoms with E-state index in [2.05, 4.69) is 6.08 Å². The number of carbonyl (C=O) groups excluding carboxylic acids is 1. The van der Waals surface area contributed by atoms with Crippen LogP contribution in [0, 0.1) is 0 Å². The van der Waals surface area contributed by atoms with Crippen LogP contribution in [0.4, 0.5) is 0 Å². The Balaban J connectivity index is 2.04. The monoisotopic (exact) mass is 294 g/mol. The van der Waals surface area contributed by atoms with Gasteiger partial charge < -0.3 is 9.84 Å². The summed E-state index contributed by atoms with van der Waals surface area (Å²) in [4.78, 5) is 11.8. The smallest absolute Gasteiger partial charge is 0.337 e. The third-order valence-corrected chi connectivity index (χ3v) is 4.03. The van der Waals surface area contributed by atoms with Crippen molar-refractivity contribution in [3.8, 4) is 0 Å². The molecule has 112 valence electrons. The number of fused-ring (bicyclic) bond motifs is 1. The molecule has 3 nitrogen and oxygen atoms in total. The quantitative estimate of drug-likeness (QED) is 0.883. The average molecular weight is 294 g/mol. The molecule has 0 amide bonds. The second kappa shape index (κ2) is 6.16. The maximum atomic E-state index is 11.8. The summed E-state index contributed by atoms with van der Waals surface area (Å²) in [7, 11) is 1.39. The first-order chi connectivity index (χ1) is 10.7. The van der Waals surface area contributed by atoms with Crippen LogP contribution in [-0.4, -0.2) is 18.2 Å². The average Bonchev–Trinajstić information content (AvgIpc) is 2.60. The number of methoxy groups -OCH3 is 1. The second-order valence-electron chi connectivity index (χ2n) is 5.38. The summed E-state index contributed by atoms with van der Waals surface area (Å²) in [6.07, 6.45) is 4.17. The van der Waals surface area contributed by atoms with Crippen LogP contribution in [0.5, 0.6) is 0 Å². The van der Waals surface area contributed by atoms with Crippen LogP contribution in [-0.2, 0) is 17.8 Å². The molecule has 3 rings (SSSR count). The van der Waals surface area contributed by atoms with Crippen molar-refractivity contribution in [2.24, 2.45) is 0 Å². The van der Waals surface area contributed by atoms with Crippen molar-refractivity contribution < 1.29 is 14.6 Å². The molecule has 0 aromatic heterocycles. The number of carbonyl (C=O) groups is 1. The van der Waals surface area contributed by atoms with Gasteiger partial charge in [0.25, 0.3) is 0 Å². The first-order valence-electron chi connectivity index (χ1n) is 7.35. The normalized spacial score (nSPS) is 13.3. The molecule has 1 aliphatic rings. The lowest BCUT2D eigenvalue weighted by Crippen LogP contribution is -2.06. The van der Waals surface area contributed by atoms with Gasteiger partial charge in [-0.15, -0.1) is 0 Å². The Morgan fingerprint density at radius 1 is 1.18 bits per heavy atom. The van der Waals surface area contributed by atoms with Crippen LogP contribution in [0.25, 0.3) is 5.57 Å². The van der Waals surface area contributed by atoms with Gasteiger partial charge in [0.1, 0.15) is 0 Å². The van der Waals surface area contributed by atoms with Crippen LogP contribution >= 0.6 is 0 Å². The third-order valence-electron chi connectivity index (χ3n) is 4.03. The summed E-state index contributed by atoms with van der Waals surface area (Å²) in [5, 5.41) is 9.16. The molecule has 3 heteroatoms. The van der Waals surface area contributed by atoms with Gasteiger partial charge in [0.2, 0.25) is 0 Å². The number of aliphatic hydroxyl groups is 1. The van der Waals surface area contributed by atoms with E-state index in [0.29, 0.717) is 5.56 Å². The molecule has 22 heavy (non-hydrogen) atoms. The van der Waals surface area contributed by atoms with Gasteiger partial charge >= 0.3 is 5.97 Å². The highest BCUT2D eigenvalue weighted by Gasteiger charge is 2.17. The minimum absolute atomic E-state index is 0.0441. The molecule has 2 aromatic rings. The number of hydrogen-bond acceptors (Lipinski definition) is 3. The minimum atomic E-state index is -0.316. The molecule has 1 aliphatic carbocycles. The molecule has 0 saturated carbocycles. The van der Waals surface area contributed by atoms with Gasteiger partial charge in [0.05, 0.1) is 19.3 Å². The van der Waals surface area contributed by atoms with E-state index in [1.807, 2.05) is 42.5 Å². The van der Waals surface area contributed by atoms with Crippen LogP contribution in [0.3, 0.4) is 0 Å². The molecule has 0 bridgehead atoms. The predicted octanol–water partition coefficient (Wildman–Crippen LogP) is 3.34. The molecule has 0 spiro atoms. The van der Waals surface area contributed by atoms with E-state index in [-0.39, 0.29) is 12.6 Å². The first kappa shape index (κ1) is 14.5. The number of hydrogen-bond donors (Lipinski definition) is 1. The van der Waals surface area contributed by atoms with E-state index >= 15 is 0 Å². The highest BCUT2D eigenvalue weighted by Crippen LogP contribution is 2.32. The molecule has 2 aromatic carbocycles. The van der Waals surface area contributed by atoms with Gasteiger partial charge in [-0.2, -0.15) is 0 Å². The summed E-state index contributed by atoms with van der Waals surface area (Å²) in [5.41, 5.74) is 6.03. The minimum Gasteiger partial charge on any atom is -0.465 e. The Morgan fingerprint density at radius 2 is 1.95 bits per heavy atom. The van der Waals surface area contributed by atoms with E-state index in [1.165, 1.54) is 12.7 Å². The van der Waals surface area contributed by atoms with Gasteiger partial charge in [-0.05, 0) is 52.8 Å². The molecule has 1 N–H and O–H groups in total. The molecule has 0 aliphatic heterocycles. The third kappa shape index (κ3) is 2.68. The fraction of sp³-hybridized carbons (Fsp3) is 0.211. The van der Waals surface area contributed by atoms with Gasteiger partial charge in [0, 0.05) is 0 Å². The number of aryl methyl sites for hydroxylation is 1. The van der Waals surface area contributed by atoms with Crippen molar-refractivity contribution in [2.45, 2.75) is 19.4 Å². The fourth-order valence-corrected chi connectivity index (χ4v) is 2.84. The SMILES string of the molecule is COC(=O)c1ccc2c(c1)C(c1ccc(CO)cc1)=CCC2. The van der Waals surface area contributed by atoms with Gasteiger partial charge in [-0.3, -0.25) is 0 Å². The van der Waals surface area contributed by atoms with Gasteiger partial charge in [0.15, 0.2) is 0 Å². The molecular formula is C19H18O3. The maximum absolute atomic E-state index is 11.8. The number of ether oxygens (including phenoxy) is 1. The highest BCUT2D eigenvalue weighted by molar-refractivity contribution is 5.92. The second-order valence-corrected chi connectivity index (χ2v) is 5.38. The van der Waals surface area contributed by atoms with Gasteiger partial charge in [-0.1, -0.05) is 36.4 Å². The van der Waals surface area contributed by atoms with Crippen molar-refractivity contribution in [3.05, 3.63) is 76.4 Å². The number of rotatable bonds is 3. The number of aliphatic hydroxyl groups excluding tert-OH is 1. The Labute approximate surface area is 129 Å². The van der Waals surface area contributed by atoms with Crippen molar-refractivity contribution in [2.75, 3.05) is 7.11 Å². The van der Waals surface area contributed by atoms with E-state index in [9.17, 15) is 4.79 Å². The van der Waals surface area contributed by atoms with Gasteiger partial charge in [-0.25, -0.2) is 4.79 Å². The summed E-state index contributed by atoms with van der Waals surface area (Å²) in [6, 6.07) is 13.6. The predicted molar refractivity (Wildman–Crippen MR) is 85.5 cm³/mol. The van der Waals surface area contributed by atoms with Crippen LogP contribution in [0.2, 0.25) is 0 Å². The topological polar surface area (TPSA) is 46.5 Å². The van der Waals surface area contributed by atoms with Crippen molar-refractivity contribution in [1.29, 1.82) is 0 Å². The van der Waals surface area contributed by atoms with Crippen molar-refractivity contribution >= 4 is 11.5 Å². The zero-order chi connectivity index (χ0) is 15.5. The lowest BCUT2D eigenvalue weighted by atomic mass is 9.86. The van der Waals surface area contributed by atoms with E-state index in [0.717, 1.165) is 35.1 Å². The van der Waals surface area contributed by atoms with E-state index < -0.39 is 0 Å². The fourth-order valence-electron chi connectivity index (χ4n) is 2.84.